The van der Waals surface area contributed by atoms with Crippen LogP contribution in [-0.4, -0.2) is 33.4 Å². The second-order valence-electron chi connectivity index (χ2n) is 11.1. The van der Waals surface area contributed by atoms with E-state index in [4.69, 9.17) is 0 Å². The maximum atomic E-state index is 13.7. The van der Waals surface area contributed by atoms with Crippen LogP contribution in [0, 0.1) is 0 Å². The van der Waals surface area contributed by atoms with Gasteiger partial charge < -0.3 is 30.4 Å². The molecule has 0 bridgehead atoms. The normalized spacial score (nSPS) is 12.6. The molecule has 1 heterocycles. The van der Waals surface area contributed by atoms with Crippen LogP contribution in [0.2, 0.25) is 0 Å². The Morgan fingerprint density at radius 3 is 1.31 bits per heavy atom. The molecule has 0 saturated heterocycles. The van der Waals surface area contributed by atoms with Crippen LogP contribution in [0.15, 0.2) is 139 Å². The van der Waals surface area contributed by atoms with E-state index in [1.807, 2.05) is 48.5 Å². The Morgan fingerprint density at radius 2 is 0.922 bits per heavy atom. The largest absolute Gasteiger partial charge is 1.00 e. The molecule has 0 amide bonds. The third kappa shape index (κ3) is 7.75. The van der Waals surface area contributed by atoms with Crippen molar-refractivity contribution in [3.05, 3.63) is 109 Å². The van der Waals surface area contributed by atoms with Gasteiger partial charge in [-0.3, -0.25) is 0 Å². The molecule has 7 rings (SSSR count). The molecular formula is C36H24N6Na2O6S. The van der Waals surface area contributed by atoms with Gasteiger partial charge in [0.1, 0.15) is 0 Å². The van der Waals surface area contributed by atoms with Crippen LogP contribution in [0.5, 0.6) is 0 Å². The molecule has 2 N–H and O–H groups in total. The van der Waals surface area contributed by atoms with E-state index in [9.17, 15) is 28.2 Å². The number of hydrogen-bond donors (Lipinski definition) is 2. The third-order valence-corrected chi connectivity index (χ3v) is 9.83. The Labute approximate surface area is 336 Å². The summed E-state index contributed by atoms with van der Waals surface area (Å²) in [7, 11) is -3.91. The summed E-state index contributed by atoms with van der Waals surface area (Å²) in [5.41, 5.74) is 4.00. The van der Waals surface area contributed by atoms with E-state index >= 15 is 0 Å². The second-order valence-corrected chi connectivity index (χ2v) is 13.0. The van der Waals surface area contributed by atoms with Crippen molar-refractivity contribution in [3.8, 4) is 11.1 Å². The van der Waals surface area contributed by atoms with Crippen molar-refractivity contribution in [1.82, 2.24) is 0 Å². The summed E-state index contributed by atoms with van der Waals surface area (Å²) >= 11 is 0. The van der Waals surface area contributed by atoms with Gasteiger partial charge in [-0.25, -0.2) is 8.42 Å². The first-order valence-corrected chi connectivity index (χ1v) is 16.5. The summed E-state index contributed by atoms with van der Waals surface area (Å²) in [5, 5.41) is 47.9. The minimum atomic E-state index is -3.91. The summed E-state index contributed by atoms with van der Waals surface area (Å²) in [6, 6.07) is 31.2. The summed E-state index contributed by atoms with van der Waals surface area (Å²) in [4.78, 5) is 22.1. The van der Waals surface area contributed by atoms with E-state index < -0.39 is 21.8 Å². The van der Waals surface area contributed by atoms with Gasteiger partial charge in [0.2, 0.25) is 9.84 Å². The van der Waals surface area contributed by atoms with E-state index in [0.29, 0.717) is 45.3 Å². The molecule has 0 radical (unpaired) electrons. The number of sulfone groups is 1. The van der Waals surface area contributed by atoms with Crippen molar-refractivity contribution in [2.75, 3.05) is 23.7 Å². The van der Waals surface area contributed by atoms with Gasteiger partial charge >= 0.3 is 59.1 Å². The Morgan fingerprint density at radius 1 is 0.529 bits per heavy atom. The zero-order chi connectivity index (χ0) is 34.1. The fourth-order valence-corrected chi connectivity index (χ4v) is 7.49. The Hall–Kier alpha value is -4.47. The smallest absolute Gasteiger partial charge is 0.548 e. The molecule has 1 aliphatic rings. The predicted molar refractivity (Wildman–Crippen MR) is 181 cm³/mol. The standard InChI is InChI=1S/C36H26N6O6S.2Na/c43-35(44)19-37-29-13-15-31(25-7-3-1-5-23(25)29)41-39-21-9-11-27-28-12-10-22(18-34(28)49(47,48)33(27)17-21)40-42-32-16-14-30(38-20-36(45)46)24-6-2-4-8-26(24)32;;/h1-18,37-38H,19-20H2,(H,43,44)(H,45,46);;/q;2*+1/p-2. The topological polar surface area (TPSA) is 188 Å². The monoisotopic (exact) mass is 714 g/mol. The van der Waals surface area contributed by atoms with Crippen molar-refractivity contribution >= 4 is 77.4 Å². The minimum Gasteiger partial charge on any atom is -0.548 e. The molecule has 15 heteroatoms. The number of carbonyl (C=O) groups excluding carboxylic acids is 2. The summed E-state index contributed by atoms with van der Waals surface area (Å²) < 4.78 is 27.4. The number of carboxylic acids is 2. The van der Waals surface area contributed by atoms with Crippen molar-refractivity contribution < 1.29 is 87.3 Å². The number of aliphatic carboxylic acids is 2. The molecule has 0 spiro atoms. The first-order chi connectivity index (χ1) is 23.7. The Kier molecular flexibility index (Phi) is 11.7. The molecule has 0 atom stereocenters. The van der Waals surface area contributed by atoms with Gasteiger partial charge in [-0.2, -0.15) is 10.2 Å². The number of rotatable bonds is 10. The quantitative estimate of drug-likeness (QED) is 0.146. The number of nitrogens with zero attached hydrogens (tertiary/aromatic N) is 4. The molecule has 0 aromatic heterocycles. The molecule has 0 unspecified atom stereocenters. The van der Waals surface area contributed by atoms with Gasteiger partial charge in [-0.1, -0.05) is 60.7 Å². The first-order valence-electron chi connectivity index (χ1n) is 15.0. The van der Waals surface area contributed by atoms with Crippen LogP contribution in [0.25, 0.3) is 32.7 Å². The van der Waals surface area contributed by atoms with Crippen LogP contribution < -0.4 is 80.0 Å². The predicted octanol–water partition coefficient (Wildman–Crippen LogP) is -0.0314. The fraction of sp³-hybridized carbons (Fsp3) is 0.0556. The number of azo groups is 2. The number of nitrogens with one attached hydrogen (secondary N) is 2. The van der Waals surface area contributed by atoms with E-state index in [2.05, 4.69) is 31.1 Å². The average Bonchev–Trinajstić information content (AvgIpc) is 3.33. The first kappa shape index (κ1) is 37.8. The van der Waals surface area contributed by atoms with Gasteiger partial charge in [0.05, 0.1) is 57.6 Å². The maximum Gasteiger partial charge on any atom is 1.00 e. The van der Waals surface area contributed by atoms with Gasteiger partial charge in [0, 0.05) is 44.0 Å². The van der Waals surface area contributed by atoms with Gasteiger partial charge in [-0.05, 0) is 48.5 Å². The molecule has 6 aromatic carbocycles. The molecule has 6 aromatic rings. The zero-order valence-electron chi connectivity index (χ0n) is 27.5. The van der Waals surface area contributed by atoms with Gasteiger partial charge in [0.25, 0.3) is 0 Å². The molecule has 12 nitrogen and oxygen atoms in total. The number of benzene rings is 6. The van der Waals surface area contributed by atoms with Crippen LogP contribution in [-0.2, 0) is 19.4 Å². The number of carbonyl (C=O) groups is 2. The van der Waals surface area contributed by atoms with Crippen LogP contribution >= 0.6 is 0 Å². The summed E-state index contributed by atoms with van der Waals surface area (Å²) in [6.45, 7) is -0.694. The molecule has 0 saturated carbocycles. The van der Waals surface area contributed by atoms with E-state index in [1.54, 1.807) is 48.5 Å². The van der Waals surface area contributed by atoms with Crippen LogP contribution in [0.3, 0.4) is 0 Å². The molecular weight excluding hydrogens is 690 g/mol. The van der Waals surface area contributed by atoms with Crippen molar-refractivity contribution in [1.29, 1.82) is 0 Å². The molecule has 0 aliphatic carbocycles. The minimum absolute atomic E-state index is 0. The SMILES string of the molecule is O=C([O-])CNc1ccc(N=Nc2ccc3c(c2)S(=O)(=O)c2cc(N=Nc4ccc(NCC(=O)[O-])c5ccccc45)ccc2-3)c2ccccc12.[Na+].[Na+]. The maximum absolute atomic E-state index is 13.7. The summed E-state index contributed by atoms with van der Waals surface area (Å²) in [5.74, 6) is -2.46. The molecule has 0 fully saturated rings. The van der Waals surface area contributed by atoms with E-state index in [0.717, 1.165) is 21.5 Å². The zero-order valence-corrected chi connectivity index (χ0v) is 32.3. The van der Waals surface area contributed by atoms with Gasteiger partial charge in [0.15, 0.2) is 0 Å². The van der Waals surface area contributed by atoms with Crippen LogP contribution in [0.1, 0.15) is 0 Å². The van der Waals surface area contributed by atoms with Gasteiger partial charge in [-0.15, -0.1) is 10.2 Å². The third-order valence-electron chi connectivity index (χ3n) is 7.99. The van der Waals surface area contributed by atoms with Crippen molar-refractivity contribution in [2.24, 2.45) is 20.5 Å². The molecule has 1 aliphatic heterocycles. The number of carboxylic acid groups (broad SMARTS) is 2. The fourth-order valence-electron chi connectivity index (χ4n) is 5.76. The van der Waals surface area contributed by atoms with Crippen molar-refractivity contribution in [3.63, 3.8) is 0 Å². The average molecular weight is 715 g/mol. The van der Waals surface area contributed by atoms with E-state index in [1.165, 1.54) is 12.1 Å². The number of hydrogen-bond acceptors (Lipinski definition) is 12. The molecule has 51 heavy (non-hydrogen) atoms. The summed E-state index contributed by atoms with van der Waals surface area (Å²) in [6.07, 6.45) is 0. The number of fused-ring (bicyclic) bond motifs is 5. The van der Waals surface area contributed by atoms with E-state index in [-0.39, 0.29) is 82.0 Å². The Bertz CT molecular complexity index is 2340. The Balaban J connectivity index is 0.00000252. The second kappa shape index (κ2) is 15.8. The van der Waals surface area contributed by atoms with Crippen molar-refractivity contribution in [2.45, 2.75) is 9.79 Å². The number of anilines is 2. The van der Waals surface area contributed by atoms with Crippen LogP contribution in [0.4, 0.5) is 34.1 Å². The molecule has 242 valence electrons.